The van der Waals surface area contributed by atoms with Crippen molar-refractivity contribution >= 4 is 40.7 Å². The van der Waals surface area contributed by atoms with Crippen molar-refractivity contribution < 1.29 is 9.84 Å². The van der Waals surface area contributed by atoms with Crippen LogP contribution >= 0.6 is 34.8 Å². The average Bonchev–Trinajstić information content (AvgIpc) is 2.92. The van der Waals surface area contributed by atoms with Crippen LogP contribution in [0.15, 0.2) is 29.3 Å². The molecule has 1 N–H and O–H groups in total. The highest BCUT2D eigenvalue weighted by Gasteiger charge is 2.71. The molecule has 2 bridgehead atoms. The molecule has 5 rings (SSSR count). The molecule has 1 fully saturated rings. The van der Waals surface area contributed by atoms with E-state index in [1.807, 2.05) is 13.0 Å². The van der Waals surface area contributed by atoms with E-state index < -0.39 is 15.1 Å². The minimum atomic E-state index is -1.75. The maximum Gasteiger partial charge on any atom is 0.266 e. The van der Waals surface area contributed by atoms with E-state index >= 15 is 0 Å². The summed E-state index contributed by atoms with van der Waals surface area (Å²) in [5.41, 5.74) is -2.22. The lowest BCUT2D eigenvalue weighted by Crippen LogP contribution is -2.67. The highest BCUT2D eigenvalue weighted by atomic mass is 35.6. The van der Waals surface area contributed by atoms with Gasteiger partial charge in [0.1, 0.15) is 0 Å². The third-order valence-electron chi connectivity index (χ3n) is 5.32. The molecule has 0 radical (unpaired) electrons. The van der Waals surface area contributed by atoms with Gasteiger partial charge < -0.3 is 9.84 Å². The topological polar surface area (TPSA) is 41.8 Å². The predicted octanol–water partition coefficient (Wildman–Crippen LogP) is 3.24. The summed E-state index contributed by atoms with van der Waals surface area (Å²) < 4.78 is 4.14. The Bertz CT molecular complexity index is 567. The number of hydrogen-bond acceptors (Lipinski definition) is 3. The van der Waals surface area contributed by atoms with Gasteiger partial charge in [-0.1, -0.05) is 59.1 Å². The molecule has 5 aliphatic rings. The van der Waals surface area contributed by atoms with Gasteiger partial charge in [-0.15, -0.1) is 0 Å². The molecule has 0 unspecified atom stereocenters. The maximum absolute atomic E-state index is 11.2. The SMILES string of the molecule is C[C@]12OC(C(Cl)(Cl)Cl)=N[C@@]1(O)[C@@H]1C=C[C@H]2[C@H]2CC=C[C@H]21. The zero-order valence-electron chi connectivity index (χ0n) is 10.8. The van der Waals surface area contributed by atoms with Crippen LogP contribution in [0.2, 0.25) is 0 Å². The van der Waals surface area contributed by atoms with Crippen LogP contribution in [0.1, 0.15) is 13.3 Å². The second kappa shape index (κ2) is 3.75. The summed E-state index contributed by atoms with van der Waals surface area (Å²) in [4.78, 5) is 4.30. The highest BCUT2D eigenvalue weighted by Crippen LogP contribution is 2.62. The van der Waals surface area contributed by atoms with Gasteiger partial charge in [-0.05, 0) is 25.2 Å². The van der Waals surface area contributed by atoms with E-state index in [2.05, 4.69) is 23.2 Å². The Morgan fingerprint density at radius 3 is 2.70 bits per heavy atom. The fraction of sp³-hybridized carbons (Fsp3) is 0.643. The molecule has 6 atom stereocenters. The highest BCUT2D eigenvalue weighted by molar-refractivity contribution is 6.76. The lowest BCUT2D eigenvalue weighted by atomic mass is 9.53. The zero-order chi connectivity index (χ0) is 14.3. The summed E-state index contributed by atoms with van der Waals surface area (Å²) in [6.45, 7) is 1.87. The standard InChI is InChI=1S/C14H14Cl3NO2/c1-12-9-5-6-10(8-4-2-3-7(8)9)13(12,19)18-11(20-12)14(15,16)17/h2,4-10,19H,3H2,1H3/t7-,8+,9-,10+,12+,13+/m0/s1. The molecule has 1 saturated carbocycles. The lowest BCUT2D eigenvalue weighted by molar-refractivity contribution is -0.201. The number of rotatable bonds is 0. The van der Waals surface area contributed by atoms with Crippen molar-refractivity contribution in [2.75, 3.05) is 0 Å². The molecule has 1 heterocycles. The van der Waals surface area contributed by atoms with Crippen molar-refractivity contribution in [1.29, 1.82) is 0 Å². The van der Waals surface area contributed by atoms with Gasteiger partial charge >= 0.3 is 0 Å². The molecule has 0 saturated heterocycles. The summed E-state index contributed by atoms with van der Waals surface area (Å²) in [5, 5.41) is 11.2. The van der Waals surface area contributed by atoms with Crippen LogP contribution in [-0.4, -0.2) is 26.1 Å². The first kappa shape index (κ1) is 13.4. The van der Waals surface area contributed by atoms with Crippen LogP contribution in [0.5, 0.6) is 0 Å². The third kappa shape index (κ3) is 1.40. The average molecular weight is 335 g/mol. The number of hydrogen-bond donors (Lipinski definition) is 1. The number of halogens is 3. The fourth-order valence-electron chi connectivity index (χ4n) is 4.37. The summed E-state index contributed by atoms with van der Waals surface area (Å²) in [6.07, 6.45) is 9.51. The van der Waals surface area contributed by atoms with Gasteiger partial charge in [0, 0.05) is 11.8 Å². The Kier molecular flexibility index (Phi) is 2.52. The van der Waals surface area contributed by atoms with E-state index in [4.69, 9.17) is 39.5 Å². The first-order valence-electron chi connectivity index (χ1n) is 6.71. The van der Waals surface area contributed by atoms with Crippen molar-refractivity contribution in [1.82, 2.24) is 0 Å². The Balaban J connectivity index is 1.85. The second-order valence-corrected chi connectivity index (χ2v) is 8.47. The van der Waals surface area contributed by atoms with Gasteiger partial charge in [0.25, 0.3) is 3.79 Å². The van der Waals surface area contributed by atoms with E-state index in [1.54, 1.807) is 0 Å². The maximum atomic E-state index is 11.2. The van der Waals surface area contributed by atoms with Crippen molar-refractivity contribution in [3.05, 3.63) is 24.3 Å². The molecular weight excluding hydrogens is 321 g/mol. The first-order valence-corrected chi connectivity index (χ1v) is 7.84. The molecule has 0 aromatic heterocycles. The molecule has 3 nitrogen and oxygen atoms in total. The monoisotopic (exact) mass is 333 g/mol. The summed E-state index contributed by atoms with van der Waals surface area (Å²) >= 11 is 17.7. The molecule has 4 aliphatic carbocycles. The van der Waals surface area contributed by atoms with Gasteiger partial charge in [0.15, 0.2) is 5.60 Å². The van der Waals surface area contributed by atoms with Crippen LogP contribution in [0.3, 0.4) is 0 Å². The number of ether oxygens (including phenoxy) is 1. The smallest absolute Gasteiger partial charge is 0.266 e. The van der Waals surface area contributed by atoms with Crippen molar-refractivity contribution in [2.24, 2.45) is 28.7 Å². The number of nitrogens with zero attached hydrogens (tertiary/aromatic N) is 1. The quantitative estimate of drug-likeness (QED) is 0.546. The van der Waals surface area contributed by atoms with Crippen molar-refractivity contribution in [3.63, 3.8) is 0 Å². The molecule has 0 amide bonds. The van der Waals surface area contributed by atoms with Crippen molar-refractivity contribution in [2.45, 2.75) is 28.5 Å². The van der Waals surface area contributed by atoms with Gasteiger partial charge in [-0.25, -0.2) is 4.99 Å². The predicted molar refractivity (Wildman–Crippen MR) is 79.0 cm³/mol. The molecule has 0 spiro atoms. The van der Waals surface area contributed by atoms with E-state index in [9.17, 15) is 5.11 Å². The van der Waals surface area contributed by atoms with Gasteiger partial charge in [0.2, 0.25) is 11.6 Å². The van der Waals surface area contributed by atoms with E-state index in [0.29, 0.717) is 5.92 Å². The van der Waals surface area contributed by atoms with Crippen LogP contribution in [0.4, 0.5) is 0 Å². The van der Waals surface area contributed by atoms with Gasteiger partial charge in [-0.2, -0.15) is 0 Å². The Hall–Kier alpha value is -0.220. The first-order chi connectivity index (χ1) is 9.27. The third-order valence-corrected chi connectivity index (χ3v) is 5.80. The van der Waals surface area contributed by atoms with Crippen LogP contribution < -0.4 is 0 Å². The number of aliphatic hydroxyl groups is 1. The minimum Gasteiger partial charge on any atom is -0.466 e. The van der Waals surface area contributed by atoms with Gasteiger partial charge in [-0.3, -0.25) is 0 Å². The summed E-state index contributed by atoms with van der Waals surface area (Å²) in [6, 6.07) is 0. The lowest BCUT2D eigenvalue weighted by Gasteiger charge is -2.56. The number of aliphatic imine (C=N–C) groups is 1. The zero-order valence-corrected chi connectivity index (χ0v) is 13.0. The molecular formula is C14H14Cl3NO2. The largest absolute Gasteiger partial charge is 0.466 e. The molecule has 20 heavy (non-hydrogen) atoms. The Morgan fingerprint density at radius 2 is 2.00 bits per heavy atom. The second-order valence-electron chi connectivity index (χ2n) is 6.19. The minimum absolute atomic E-state index is 0.00449. The van der Waals surface area contributed by atoms with Gasteiger partial charge in [0.05, 0.1) is 0 Å². The van der Waals surface area contributed by atoms with E-state index in [-0.39, 0.29) is 23.7 Å². The fourth-order valence-corrected chi connectivity index (χ4v) is 4.62. The molecule has 1 aliphatic heterocycles. The van der Waals surface area contributed by atoms with Crippen molar-refractivity contribution in [3.8, 4) is 0 Å². The number of alkyl halides is 3. The number of allylic oxidation sites excluding steroid dienone is 2. The Morgan fingerprint density at radius 1 is 1.30 bits per heavy atom. The van der Waals surface area contributed by atoms with Crippen LogP contribution in [0, 0.1) is 23.7 Å². The normalized spacial score (nSPS) is 51.8. The van der Waals surface area contributed by atoms with E-state index in [0.717, 1.165) is 6.42 Å². The Labute approximate surface area is 132 Å². The molecule has 0 aromatic rings. The molecule has 108 valence electrons. The van der Waals surface area contributed by atoms with Crippen LogP contribution in [0.25, 0.3) is 0 Å². The molecule has 6 heteroatoms. The van der Waals surface area contributed by atoms with Crippen LogP contribution in [-0.2, 0) is 4.74 Å². The summed E-state index contributed by atoms with van der Waals surface area (Å²) in [7, 11) is 0. The molecule has 0 aromatic carbocycles. The summed E-state index contributed by atoms with van der Waals surface area (Å²) in [5.74, 6) is 0.637. The van der Waals surface area contributed by atoms with E-state index in [1.165, 1.54) is 0 Å².